The fraction of sp³-hybridized carbons (Fsp3) is 0.250. The Hall–Kier alpha value is -3.06. The first-order chi connectivity index (χ1) is 15.9. The second-order valence-electron chi connectivity index (χ2n) is 7.79. The average Bonchev–Trinajstić information content (AvgIpc) is 3.38. The summed E-state index contributed by atoms with van der Waals surface area (Å²) in [7, 11) is -3.81. The third-order valence-electron chi connectivity index (χ3n) is 5.77. The van der Waals surface area contributed by atoms with Crippen molar-refractivity contribution in [3.63, 3.8) is 0 Å². The minimum Gasteiger partial charge on any atom is -0.344 e. The van der Waals surface area contributed by atoms with E-state index in [1.807, 2.05) is 23.6 Å². The zero-order valence-corrected chi connectivity index (χ0v) is 19.3. The molecule has 0 radical (unpaired) electrons. The number of hydrogen-bond donors (Lipinski definition) is 1. The fourth-order valence-corrected chi connectivity index (χ4v) is 6.39. The van der Waals surface area contributed by atoms with E-state index in [4.69, 9.17) is 0 Å². The van der Waals surface area contributed by atoms with Crippen LogP contribution in [0.5, 0.6) is 0 Å². The van der Waals surface area contributed by atoms with Gasteiger partial charge in [0.1, 0.15) is 11.9 Å². The fourth-order valence-electron chi connectivity index (χ4n) is 3.97. The van der Waals surface area contributed by atoms with Gasteiger partial charge in [-0.1, -0.05) is 30.3 Å². The zero-order chi connectivity index (χ0) is 23.4. The maximum Gasteiger partial charge on any atom is 0.244 e. The van der Waals surface area contributed by atoms with Gasteiger partial charge in [0, 0.05) is 23.9 Å². The van der Waals surface area contributed by atoms with Gasteiger partial charge in [0.15, 0.2) is 0 Å². The second kappa shape index (κ2) is 9.83. The summed E-state index contributed by atoms with van der Waals surface area (Å²) in [5.41, 5.74) is 0.885. The van der Waals surface area contributed by atoms with Gasteiger partial charge in [-0.05, 0) is 54.1 Å². The van der Waals surface area contributed by atoms with Crippen LogP contribution in [0.1, 0.15) is 34.9 Å². The highest BCUT2D eigenvalue weighted by Crippen LogP contribution is 2.29. The van der Waals surface area contributed by atoms with Crippen molar-refractivity contribution in [3.05, 3.63) is 87.9 Å². The van der Waals surface area contributed by atoms with Gasteiger partial charge in [-0.25, -0.2) is 12.8 Å². The average molecular weight is 484 g/mol. The molecule has 9 heteroatoms. The van der Waals surface area contributed by atoms with Crippen LogP contribution in [-0.4, -0.2) is 31.7 Å². The number of nitriles is 1. The topological polar surface area (TPSA) is 90.3 Å². The standard InChI is InChI=1S/C24H22FN3O3S2/c25-20-9-7-17(8-10-20)23(21-5-3-15-32-21)27-24(29)18-11-13-28(14-12-18)33(30,31)22-6-2-1-4-19(22)16-26/h1-10,15,18,23H,11-14H2,(H,27,29)/t23-/m1/s1. The van der Waals surface area contributed by atoms with Crippen LogP contribution < -0.4 is 5.32 Å². The third-order valence-corrected chi connectivity index (χ3v) is 8.66. The predicted octanol–water partition coefficient (Wildman–Crippen LogP) is 4.07. The van der Waals surface area contributed by atoms with Gasteiger partial charge in [0.25, 0.3) is 0 Å². The molecule has 6 nitrogen and oxygen atoms in total. The quantitative estimate of drug-likeness (QED) is 0.572. The number of sulfonamides is 1. The van der Waals surface area contributed by atoms with Gasteiger partial charge in [0.05, 0.1) is 16.5 Å². The molecule has 1 aromatic heterocycles. The lowest BCUT2D eigenvalue weighted by atomic mass is 9.96. The van der Waals surface area contributed by atoms with Crippen molar-refractivity contribution >= 4 is 27.3 Å². The lowest BCUT2D eigenvalue weighted by Crippen LogP contribution is -2.43. The smallest absolute Gasteiger partial charge is 0.244 e. The Morgan fingerprint density at radius 1 is 1.09 bits per heavy atom. The molecule has 0 saturated carbocycles. The largest absolute Gasteiger partial charge is 0.344 e. The Labute approximate surface area is 196 Å². The summed E-state index contributed by atoms with van der Waals surface area (Å²) in [5, 5.41) is 14.2. The summed E-state index contributed by atoms with van der Waals surface area (Å²) < 4.78 is 40.8. The van der Waals surface area contributed by atoms with Crippen LogP contribution in [0.15, 0.2) is 70.9 Å². The number of piperidine rings is 1. The van der Waals surface area contributed by atoms with Gasteiger partial charge in [-0.3, -0.25) is 4.79 Å². The first kappa shape index (κ1) is 23.1. The SMILES string of the molecule is N#Cc1ccccc1S(=O)(=O)N1CCC(C(=O)N[C@H](c2ccc(F)cc2)c2cccs2)CC1. The molecule has 0 aliphatic carbocycles. The summed E-state index contributed by atoms with van der Waals surface area (Å²) in [4.78, 5) is 14.0. The van der Waals surface area contributed by atoms with Crippen LogP contribution in [0.25, 0.3) is 0 Å². The molecular weight excluding hydrogens is 461 g/mol. The first-order valence-corrected chi connectivity index (χ1v) is 12.8. The van der Waals surface area contributed by atoms with Gasteiger partial charge >= 0.3 is 0 Å². The highest BCUT2D eigenvalue weighted by Gasteiger charge is 2.34. The highest BCUT2D eigenvalue weighted by molar-refractivity contribution is 7.89. The molecule has 1 amide bonds. The van der Waals surface area contributed by atoms with Crippen molar-refractivity contribution in [2.24, 2.45) is 5.92 Å². The minimum atomic E-state index is -3.81. The molecule has 4 rings (SSSR count). The number of nitrogens with one attached hydrogen (secondary N) is 1. The van der Waals surface area contributed by atoms with Gasteiger partial charge < -0.3 is 5.32 Å². The summed E-state index contributed by atoms with van der Waals surface area (Å²) in [6.45, 7) is 0.390. The van der Waals surface area contributed by atoms with E-state index in [1.54, 1.807) is 24.3 Å². The van der Waals surface area contributed by atoms with E-state index in [-0.39, 0.29) is 41.2 Å². The van der Waals surface area contributed by atoms with E-state index < -0.39 is 16.1 Å². The van der Waals surface area contributed by atoms with E-state index in [2.05, 4.69) is 5.32 Å². The second-order valence-corrected chi connectivity index (χ2v) is 10.7. The highest BCUT2D eigenvalue weighted by atomic mass is 32.2. The summed E-state index contributed by atoms with van der Waals surface area (Å²) >= 11 is 1.50. The molecule has 2 heterocycles. The molecule has 0 bridgehead atoms. The number of rotatable bonds is 6. The lowest BCUT2D eigenvalue weighted by Gasteiger charge is -2.31. The van der Waals surface area contributed by atoms with Crippen molar-refractivity contribution in [1.82, 2.24) is 9.62 Å². The predicted molar refractivity (Wildman–Crippen MR) is 123 cm³/mol. The Morgan fingerprint density at radius 2 is 1.79 bits per heavy atom. The third kappa shape index (κ3) is 4.98. The Morgan fingerprint density at radius 3 is 2.42 bits per heavy atom. The maximum atomic E-state index is 13.4. The summed E-state index contributed by atoms with van der Waals surface area (Å²) in [5.74, 6) is -0.848. The van der Waals surface area contributed by atoms with Crippen molar-refractivity contribution in [2.45, 2.75) is 23.8 Å². The Bertz CT molecular complexity index is 1260. The number of nitrogens with zero attached hydrogens (tertiary/aromatic N) is 2. The number of thiophene rings is 1. The normalized spacial score (nSPS) is 16.1. The maximum absolute atomic E-state index is 13.4. The molecule has 170 valence electrons. The number of carbonyl (C=O) groups excluding carboxylic acids is 1. The van der Waals surface area contributed by atoms with Crippen LogP contribution in [0.4, 0.5) is 4.39 Å². The number of hydrogen-bond acceptors (Lipinski definition) is 5. The number of amides is 1. The molecule has 2 aromatic carbocycles. The van der Waals surface area contributed by atoms with Gasteiger partial charge in [-0.15, -0.1) is 11.3 Å². The Kier molecular flexibility index (Phi) is 6.88. The van der Waals surface area contributed by atoms with Gasteiger partial charge in [0.2, 0.25) is 15.9 Å². The molecule has 3 aromatic rings. The van der Waals surface area contributed by atoms with E-state index in [0.29, 0.717) is 12.8 Å². The number of benzene rings is 2. The van der Waals surface area contributed by atoms with Crippen LogP contribution in [0, 0.1) is 23.1 Å². The van der Waals surface area contributed by atoms with E-state index in [0.717, 1.165) is 10.4 Å². The van der Waals surface area contributed by atoms with Crippen LogP contribution in [-0.2, 0) is 14.8 Å². The first-order valence-electron chi connectivity index (χ1n) is 10.5. The molecule has 33 heavy (non-hydrogen) atoms. The van der Waals surface area contributed by atoms with Gasteiger partial charge in [-0.2, -0.15) is 9.57 Å². The molecule has 1 aliphatic heterocycles. The Balaban J connectivity index is 1.45. The van der Waals surface area contributed by atoms with Crippen LogP contribution >= 0.6 is 11.3 Å². The summed E-state index contributed by atoms with van der Waals surface area (Å²) in [6, 6.07) is 17.5. The molecule has 1 atom stereocenters. The van der Waals surface area contributed by atoms with Crippen molar-refractivity contribution in [2.75, 3.05) is 13.1 Å². The van der Waals surface area contributed by atoms with E-state index >= 15 is 0 Å². The zero-order valence-electron chi connectivity index (χ0n) is 17.6. The molecular formula is C24H22FN3O3S2. The minimum absolute atomic E-state index is 0.00975. The van der Waals surface area contributed by atoms with Crippen molar-refractivity contribution < 1.29 is 17.6 Å². The molecule has 0 spiro atoms. The number of carbonyl (C=O) groups is 1. The molecule has 1 saturated heterocycles. The molecule has 1 N–H and O–H groups in total. The molecule has 1 aliphatic rings. The van der Waals surface area contributed by atoms with E-state index in [9.17, 15) is 22.9 Å². The molecule has 0 unspecified atom stereocenters. The summed E-state index contributed by atoms with van der Waals surface area (Å²) in [6.07, 6.45) is 0.751. The van der Waals surface area contributed by atoms with Crippen LogP contribution in [0.2, 0.25) is 0 Å². The van der Waals surface area contributed by atoms with Crippen LogP contribution in [0.3, 0.4) is 0 Å². The lowest BCUT2D eigenvalue weighted by molar-refractivity contribution is -0.126. The van der Waals surface area contributed by atoms with E-state index in [1.165, 1.54) is 39.9 Å². The van der Waals surface area contributed by atoms with Crippen molar-refractivity contribution in [3.8, 4) is 6.07 Å². The molecule has 1 fully saturated rings. The number of halogens is 1. The van der Waals surface area contributed by atoms with Crippen molar-refractivity contribution in [1.29, 1.82) is 5.26 Å². The monoisotopic (exact) mass is 483 g/mol.